The highest BCUT2D eigenvalue weighted by molar-refractivity contribution is 5.93. The standard InChI is InChI=1S/C20H24N2O3/c1-11(23)16-10-12-9-13(19(24)25-2)17-20(7-8-22(16)18(12)20)14-5-3-4-6-15(14)21-17/h3-6,11-12,16,18,21,23H,7-10H2,1-2H3/t11-,12+,16-,18-,20-/m1/s1. The fourth-order valence-electron chi connectivity index (χ4n) is 6.11. The molecule has 3 aliphatic heterocycles. The number of aliphatic hydroxyl groups excluding tert-OH is 1. The highest BCUT2D eigenvalue weighted by Gasteiger charge is 2.65. The Labute approximate surface area is 147 Å². The zero-order valence-corrected chi connectivity index (χ0v) is 14.7. The van der Waals surface area contributed by atoms with Crippen LogP contribution in [0.2, 0.25) is 0 Å². The predicted octanol–water partition coefficient (Wildman–Crippen LogP) is 2.02. The second-order valence-corrected chi connectivity index (χ2v) is 7.93. The molecule has 5 atom stereocenters. The van der Waals surface area contributed by atoms with Gasteiger partial charge in [0.25, 0.3) is 0 Å². The van der Waals surface area contributed by atoms with Crippen molar-refractivity contribution in [2.75, 3.05) is 19.0 Å². The van der Waals surface area contributed by atoms with E-state index in [2.05, 4.69) is 28.4 Å². The van der Waals surface area contributed by atoms with Gasteiger partial charge in [0.1, 0.15) is 0 Å². The number of hydrogen-bond acceptors (Lipinski definition) is 5. The molecule has 2 fully saturated rings. The van der Waals surface area contributed by atoms with Crippen LogP contribution in [0.1, 0.15) is 31.7 Å². The van der Waals surface area contributed by atoms with E-state index >= 15 is 0 Å². The van der Waals surface area contributed by atoms with Gasteiger partial charge in [-0.2, -0.15) is 0 Å². The van der Waals surface area contributed by atoms with E-state index in [1.807, 2.05) is 13.0 Å². The molecule has 25 heavy (non-hydrogen) atoms. The molecule has 1 aromatic carbocycles. The van der Waals surface area contributed by atoms with E-state index in [0.29, 0.717) is 12.0 Å². The van der Waals surface area contributed by atoms with Gasteiger partial charge < -0.3 is 15.2 Å². The van der Waals surface area contributed by atoms with E-state index in [-0.39, 0.29) is 23.5 Å². The van der Waals surface area contributed by atoms with Gasteiger partial charge in [-0.05, 0) is 43.7 Å². The summed E-state index contributed by atoms with van der Waals surface area (Å²) in [4.78, 5) is 15.1. The number of para-hydroxylation sites is 1. The van der Waals surface area contributed by atoms with Crippen LogP contribution >= 0.6 is 0 Å². The van der Waals surface area contributed by atoms with Gasteiger partial charge in [0.15, 0.2) is 0 Å². The quantitative estimate of drug-likeness (QED) is 0.807. The number of carbonyl (C=O) groups is 1. The summed E-state index contributed by atoms with van der Waals surface area (Å²) in [6.45, 7) is 2.86. The van der Waals surface area contributed by atoms with Crippen molar-refractivity contribution in [2.45, 2.75) is 49.8 Å². The Morgan fingerprint density at radius 3 is 3.00 bits per heavy atom. The van der Waals surface area contributed by atoms with Crippen LogP contribution in [0.15, 0.2) is 35.5 Å². The van der Waals surface area contributed by atoms with Crippen molar-refractivity contribution in [1.82, 2.24) is 4.90 Å². The minimum atomic E-state index is -0.351. The SMILES string of the molecule is COC(=O)C1=C2Nc3ccccc3[C@]23CCN2[C@@H]([C@@H](C)O)C[C@H](C1)[C@@H]23. The van der Waals surface area contributed by atoms with Crippen molar-refractivity contribution in [3.05, 3.63) is 41.1 Å². The van der Waals surface area contributed by atoms with Crippen LogP contribution in [0.5, 0.6) is 0 Å². The van der Waals surface area contributed by atoms with E-state index in [9.17, 15) is 9.90 Å². The van der Waals surface area contributed by atoms with Crippen LogP contribution in [0.4, 0.5) is 5.69 Å². The first-order valence-corrected chi connectivity index (χ1v) is 9.20. The second-order valence-electron chi connectivity index (χ2n) is 7.93. The molecule has 1 spiro atoms. The van der Waals surface area contributed by atoms with Gasteiger partial charge in [0.2, 0.25) is 0 Å². The minimum absolute atomic E-state index is 0.160. The molecule has 0 amide bonds. The number of nitrogens with zero attached hydrogens (tertiary/aromatic N) is 1. The maximum atomic E-state index is 12.6. The van der Waals surface area contributed by atoms with Gasteiger partial charge in [-0.1, -0.05) is 18.2 Å². The molecule has 5 rings (SSSR count). The highest BCUT2D eigenvalue weighted by Crippen LogP contribution is 2.62. The van der Waals surface area contributed by atoms with Gasteiger partial charge >= 0.3 is 5.97 Å². The number of benzene rings is 1. The lowest BCUT2D eigenvalue weighted by Gasteiger charge is -2.41. The van der Waals surface area contributed by atoms with Crippen LogP contribution in [-0.4, -0.2) is 47.8 Å². The van der Waals surface area contributed by atoms with E-state index < -0.39 is 0 Å². The molecule has 0 aromatic heterocycles. The summed E-state index contributed by atoms with van der Waals surface area (Å²) >= 11 is 0. The highest BCUT2D eigenvalue weighted by atomic mass is 16.5. The van der Waals surface area contributed by atoms with Gasteiger partial charge in [-0.25, -0.2) is 4.79 Å². The van der Waals surface area contributed by atoms with Crippen molar-refractivity contribution < 1.29 is 14.6 Å². The van der Waals surface area contributed by atoms with Crippen molar-refractivity contribution in [3.63, 3.8) is 0 Å². The molecular weight excluding hydrogens is 316 g/mol. The number of ether oxygens (including phenoxy) is 1. The Kier molecular flexibility index (Phi) is 3.13. The Balaban J connectivity index is 1.73. The summed E-state index contributed by atoms with van der Waals surface area (Å²) in [5, 5.41) is 13.9. The van der Waals surface area contributed by atoms with Crippen LogP contribution in [-0.2, 0) is 14.9 Å². The van der Waals surface area contributed by atoms with E-state index in [1.54, 1.807) is 0 Å². The smallest absolute Gasteiger partial charge is 0.335 e. The van der Waals surface area contributed by atoms with Gasteiger partial charge in [0.05, 0.1) is 24.2 Å². The molecule has 5 nitrogen and oxygen atoms in total. The zero-order chi connectivity index (χ0) is 17.3. The van der Waals surface area contributed by atoms with Crippen molar-refractivity contribution in [2.24, 2.45) is 5.92 Å². The summed E-state index contributed by atoms with van der Waals surface area (Å²) in [5.74, 6) is 0.167. The number of esters is 1. The molecule has 4 aliphatic rings. The largest absolute Gasteiger partial charge is 0.466 e. The van der Waals surface area contributed by atoms with Crippen molar-refractivity contribution in [1.29, 1.82) is 0 Å². The molecule has 1 aliphatic carbocycles. The molecule has 132 valence electrons. The minimum Gasteiger partial charge on any atom is -0.466 e. The first-order valence-electron chi connectivity index (χ1n) is 9.20. The molecular formula is C20H24N2O3. The first-order chi connectivity index (χ1) is 12.1. The molecule has 0 unspecified atom stereocenters. The molecule has 1 aromatic rings. The third kappa shape index (κ3) is 1.78. The average Bonchev–Trinajstić information content (AvgIpc) is 3.28. The number of rotatable bonds is 2. The number of anilines is 1. The van der Waals surface area contributed by atoms with Crippen LogP contribution < -0.4 is 5.32 Å². The number of carbonyl (C=O) groups excluding carboxylic acids is 1. The van der Waals surface area contributed by atoms with Crippen molar-refractivity contribution in [3.8, 4) is 0 Å². The monoisotopic (exact) mass is 340 g/mol. The van der Waals surface area contributed by atoms with Crippen LogP contribution in [0, 0.1) is 5.92 Å². The predicted molar refractivity (Wildman–Crippen MR) is 94.1 cm³/mol. The summed E-state index contributed by atoms with van der Waals surface area (Å²) in [6, 6.07) is 8.96. The average molecular weight is 340 g/mol. The Morgan fingerprint density at radius 1 is 1.44 bits per heavy atom. The Hall–Kier alpha value is -1.85. The maximum absolute atomic E-state index is 12.6. The summed E-state index contributed by atoms with van der Waals surface area (Å²) in [7, 11) is 1.46. The topological polar surface area (TPSA) is 61.8 Å². The third-order valence-corrected chi connectivity index (χ3v) is 6.91. The van der Waals surface area contributed by atoms with Gasteiger partial charge in [-0.3, -0.25) is 4.90 Å². The van der Waals surface area contributed by atoms with Gasteiger partial charge in [0, 0.05) is 30.0 Å². The molecule has 0 saturated carbocycles. The molecule has 5 heteroatoms. The summed E-state index contributed by atoms with van der Waals surface area (Å²) in [5.41, 5.74) is 4.10. The van der Waals surface area contributed by atoms with E-state index in [0.717, 1.165) is 42.8 Å². The molecule has 0 bridgehead atoms. The number of hydrogen-bond donors (Lipinski definition) is 2. The normalized spacial score (nSPS) is 36.5. The molecule has 0 radical (unpaired) electrons. The number of fused-ring (bicyclic) bond motifs is 1. The van der Waals surface area contributed by atoms with E-state index in [1.165, 1.54) is 12.7 Å². The molecule has 3 heterocycles. The maximum Gasteiger partial charge on any atom is 0.335 e. The second kappa shape index (κ2) is 5.08. The lowest BCUT2D eigenvalue weighted by atomic mass is 9.63. The Bertz CT molecular complexity index is 787. The number of aliphatic hydroxyl groups is 1. The lowest BCUT2D eigenvalue weighted by Crippen LogP contribution is -2.48. The fraction of sp³-hybridized carbons (Fsp3) is 0.550. The summed E-state index contributed by atoms with van der Waals surface area (Å²) in [6.07, 6.45) is 2.31. The third-order valence-electron chi connectivity index (χ3n) is 6.91. The Morgan fingerprint density at radius 2 is 2.24 bits per heavy atom. The fourth-order valence-corrected chi connectivity index (χ4v) is 6.11. The molecule has 2 saturated heterocycles. The lowest BCUT2D eigenvalue weighted by molar-refractivity contribution is -0.136. The zero-order valence-electron chi connectivity index (χ0n) is 14.7. The van der Waals surface area contributed by atoms with E-state index in [4.69, 9.17) is 4.74 Å². The molecule has 2 N–H and O–H groups in total. The van der Waals surface area contributed by atoms with Crippen LogP contribution in [0.25, 0.3) is 0 Å². The van der Waals surface area contributed by atoms with Gasteiger partial charge in [-0.15, -0.1) is 0 Å². The van der Waals surface area contributed by atoms with Crippen molar-refractivity contribution >= 4 is 11.7 Å². The number of methoxy groups -OCH3 is 1. The summed E-state index contributed by atoms with van der Waals surface area (Å²) < 4.78 is 5.12. The first kappa shape index (κ1) is 15.4. The number of nitrogens with one attached hydrogen (secondary N) is 1. The van der Waals surface area contributed by atoms with Crippen LogP contribution in [0.3, 0.4) is 0 Å².